The molecule has 0 aromatic carbocycles. The van der Waals surface area contributed by atoms with Gasteiger partial charge in [-0.15, -0.1) is 11.8 Å². The fraction of sp³-hybridized carbons (Fsp3) is 0.786. The van der Waals surface area contributed by atoms with Crippen LogP contribution in [0.3, 0.4) is 0 Å². The molecule has 4 heteroatoms. The average molecular weight is 269 g/mol. The summed E-state index contributed by atoms with van der Waals surface area (Å²) in [6.45, 7) is 14.3. The van der Waals surface area contributed by atoms with Crippen molar-refractivity contribution < 1.29 is 0 Å². The molecule has 1 N–H and O–H groups in total. The topological polar surface area (TPSA) is 29.9 Å². The number of hydrogen-bond acceptors (Lipinski definition) is 3. The highest BCUT2D eigenvalue weighted by Gasteiger charge is 2.19. The molecule has 0 radical (unpaired) electrons. The van der Waals surface area contributed by atoms with E-state index < -0.39 is 0 Å². The van der Waals surface area contributed by atoms with Crippen LogP contribution in [0.4, 0.5) is 0 Å². The molecular weight excluding hydrogens is 242 g/mol. The summed E-state index contributed by atoms with van der Waals surface area (Å²) in [5.41, 5.74) is 1.27. The molecule has 1 aromatic heterocycles. The van der Waals surface area contributed by atoms with Crippen molar-refractivity contribution >= 4 is 11.8 Å². The van der Waals surface area contributed by atoms with E-state index in [1.807, 2.05) is 30.4 Å². The Morgan fingerprint density at radius 2 is 2.00 bits per heavy atom. The van der Waals surface area contributed by atoms with Crippen LogP contribution in [-0.2, 0) is 7.05 Å². The van der Waals surface area contributed by atoms with E-state index >= 15 is 0 Å². The van der Waals surface area contributed by atoms with Gasteiger partial charge in [-0.1, -0.05) is 13.8 Å². The van der Waals surface area contributed by atoms with Gasteiger partial charge >= 0.3 is 0 Å². The second-order valence-electron chi connectivity index (χ2n) is 6.28. The summed E-state index contributed by atoms with van der Waals surface area (Å²) in [5.74, 6) is 0.639. The zero-order valence-electron chi connectivity index (χ0n) is 12.7. The quantitative estimate of drug-likeness (QED) is 0.832. The summed E-state index contributed by atoms with van der Waals surface area (Å²) in [6, 6.07) is 2.16. The second kappa shape index (κ2) is 6.11. The maximum absolute atomic E-state index is 4.41. The Morgan fingerprint density at radius 3 is 2.39 bits per heavy atom. The fourth-order valence-corrected chi connectivity index (χ4v) is 2.85. The smallest absolute Gasteiger partial charge is 0.0942 e. The molecule has 1 heterocycles. The Hall–Kier alpha value is -0.480. The number of aryl methyl sites for hydroxylation is 2. The first-order chi connectivity index (χ1) is 8.19. The lowest BCUT2D eigenvalue weighted by Crippen LogP contribution is -2.41. The van der Waals surface area contributed by atoms with Crippen LogP contribution in [0.1, 0.15) is 40.3 Å². The minimum absolute atomic E-state index is 0.177. The molecular formula is C14H27N3S. The molecule has 1 unspecified atom stereocenters. The van der Waals surface area contributed by atoms with Gasteiger partial charge in [-0.25, -0.2) is 0 Å². The largest absolute Gasteiger partial charge is 0.311 e. The van der Waals surface area contributed by atoms with Crippen LogP contribution in [0.5, 0.6) is 0 Å². The fourth-order valence-electron chi connectivity index (χ4n) is 1.67. The minimum atomic E-state index is 0.177. The van der Waals surface area contributed by atoms with E-state index in [9.17, 15) is 0 Å². The molecule has 1 atom stereocenters. The molecule has 104 valence electrons. The van der Waals surface area contributed by atoms with E-state index in [0.717, 1.165) is 12.2 Å². The number of aromatic nitrogens is 2. The summed E-state index contributed by atoms with van der Waals surface area (Å²) in [7, 11) is 2.02. The first-order valence-corrected chi connectivity index (χ1v) is 7.49. The van der Waals surface area contributed by atoms with Crippen molar-refractivity contribution in [3.05, 3.63) is 11.8 Å². The van der Waals surface area contributed by atoms with Gasteiger partial charge in [0, 0.05) is 24.4 Å². The number of thioether (sulfide) groups is 1. The predicted octanol–water partition coefficient (Wildman–Crippen LogP) is 3.23. The molecule has 3 nitrogen and oxygen atoms in total. The van der Waals surface area contributed by atoms with Crippen molar-refractivity contribution in [3.8, 4) is 0 Å². The van der Waals surface area contributed by atoms with Gasteiger partial charge in [0.05, 0.1) is 10.7 Å². The zero-order chi connectivity index (χ0) is 13.9. The maximum atomic E-state index is 4.41. The van der Waals surface area contributed by atoms with Gasteiger partial charge in [-0.2, -0.15) is 5.10 Å². The third kappa shape index (κ3) is 5.02. The highest BCUT2D eigenvalue weighted by Crippen LogP contribution is 2.28. The van der Waals surface area contributed by atoms with Crippen molar-refractivity contribution in [1.82, 2.24) is 15.1 Å². The Morgan fingerprint density at radius 1 is 1.39 bits per heavy atom. The molecule has 0 bridgehead atoms. The molecule has 0 saturated heterocycles. The van der Waals surface area contributed by atoms with E-state index in [0.29, 0.717) is 11.2 Å². The summed E-state index contributed by atoms with van der Waals surface area (Å²) >= 11 is 1.92. The third-order valence-electron chi connectivity index (χ3n) is 2.81. The summed E-state index contributed by atoms with van der Waals surface area (Å²) in [4.78, 5) is 0. The van der Waals surface area contributed by atoms with Crippen LogP contribution in [-0.4, -0.2) is 27.1 Å². The molecule has 1 rings (SSSR count). The lowest BCUT2D eigenvalue weighted by atomic mass is 10.1. The van der Waals surface area contributed by atoms with Gasteiger partial charge in [0.15, 0.2) is 0 Å². The molecule has 0 spiro atoms. The van der Waals surface area contributed by atoms with Gasteiger partial charge in [-0.05, 0) is 39.7 Å². The number of nitrogens with zero attached hydrogens (tertiary/aromatic N) is 2. The second-order valence-corrected chi connectivity index (χ2v) is 7.54. The van der Waals surface area contributed by atoms with Crippen LogP contribution in [0, 0.1) is 12.8 Å². The maximum Gasteiger partial charge on any atom is 0.0942 e. The van der Waals surface area contributed by atoms with Crippen LogP contribution in [0.15, 0.2) is 11.1 Å². The third-order valence-corrected chi connectivity index (χ3v) is 4.45. The monoisotopic (exact) mass is 269 g/mol. The Bertz CT molecular complexity index is 377. The van der Waals surface area contributed by atoms with Crippen molar-refractivity contribution in [1.29, 1.82) is 0 Å². The first kappa shape index (κ1) is 15.6. The normalized spacial score (nSPS) is 14.2. The SMILES string of the molecule is Cc1cc(SC(CNC(C)(C)C)C(C)C)n(C)n1. The van der Waals surface area contributed by atoms with Gasteiger partial charge in [0.2, 0.25) is 0 Å². The average Bonchev–Trinajstić information content (AvgIpc) is 2.50. The standard InChI is InChI=1S/C14H27N3S/c1-10(2)12(9-15-14(4,5)6)18-13-8-11(3)16-17(13)7/h8,10,12,15H,9H2,1-7H3. The van der Waals surface area contributed by atoms with E-state index in [1.165, 1.54) is 5.03 Å². The molecule has 0 aliphatic carbocycles. The van der Waals surface area contributed by atoms with Crippen LogP contribution >= 0.6 is 11.8 Å². The molecule has 0 aliphatic rings. The summed E-state index contributed by atoms with van der Waals surface area (Å²) < 4.78 is 1.98. The van der Waals surface area contributed by atoms with Crippen LogP contribution in [0.2, 0.25) is 0 Å². The number of rotatable bonds is 5. The van der Waals surface area contributed by atoms with Gasteiger partial charge in [0.1, 0.15) is 0 Å². The lowest BCUT2D eigenvalue weighted by Gasteiger charge is -2.27. The lowest BCUT2D eigenvalue weighted by molar-refractivity contribution is 0.407. The van der Waals surface area contributed by atoms with Crippen molar-refractivity contribution in [2.75, 3.05) is 6.54 Å². The van der Waals surface area contributed by atoms with Gasteiger partial charge in [0.25, 0.3) is 0 Å². The molecule has 0 fully saturated rings. The summed E-state index contributed by atoms with van der Waals surface area (Å²) in [6.07, 6.45) is 0. The van der Waals surface area contributed by atoms with E-state index in [-0.39, 0.29) is 5.54 Å². The van der Waals surface area contributed by atoms with E-state index in [4.69, 9.17) is 0 Å². The van der Waals surface area contributed by atoms with E-state index in [1.54, 1.807) is 0 Å². The molecule has 0 amide bonds. The van der Waals surface area contributed by atoms with Gasteiger partial charge in [-0.3, -0.25) is 4.68 Å². The van der Waals surface area contributed by atoms with Gasteiger partial charge < -0.3 is 5.32 Å². The Balaban J connectivity index is 2.66. The van der Waals surface area contributed by atoms with Crippen molar-refractivity contribution in [3.63, 3.8) is 0 Å². The molecule has 1 aromatic rings. The minimum Gasteiger partial charge on any atom is -0.311 e. The Kier molecular flexibility index (Phi) is 5.29. The van der Waals surface area contributed by atoms with Crippen LogP contribution in [0.25, 0.3) is 0 Å². The van der Waals surface area contributed by atoms with Crippen molar-refractivity contribution in [2.45, 2.75) is 57.4 Å². The molecule has 0 aliphatic heterocycles. The molecule has 18 heavy (non-hydrogen) atoms. The highest BCUT2D eigenvalue weighted by atomic mass is 32.2. The molecule has 0 saturated carbocycles. The van der Waals surface area contributed by atoms with Crippen molar-refractivity contribution in [2.24, 2.45) is 13.0 Å². The van der Waals surface area contributed by atoms with E-state index in [2.05, 4.69) is 51.1 Å². The predicted molar refractivity (Wildman–Crippen MR) is 80.2 cm³/mol. The first-order valence-electron chi connectivity index (χ1n) is 6.61. The number of nitrogens with one attached hydrogen (secondary N) is 1. The Labute approximate surface area is 116 Å². The highest BCUT2D eigenvalue weighted by molar-refractivity contribution is 7.99. The zero-order valence-corrected chi connectivity index (χ0v) is 13.6. The van der Waals surface area contributed by atoms with Crippen LogP contribution < -0.4 is 5.32 Å². The number of hydrogen-bond donors (Lipinski definition) is 1. The summed E-state index contributed by atoms with van der Waals surface area (Å²) in [5, 5.41) is 9.83.